The van der Waals surface area contributed by atoms with Crippen molar-refractivity contribution < 1.29 is 0 Å². The van der Waals surface area contributed by atoms with Crippen LogP contribution in [0.15, 0.2) is 11.0 Å². The van der Waals surface area contributed by atoms with E-state index in [0.717, 1.165) is 6.42 Å². The number of halogens is 1. The van der Waals surface area contributed by atoms with Gasteiger partial charge in [-0.3, -0.25) is 4.79 Å². The molecular formula is C10H16ClN3O. The predicted octanol–water partition coefficient (Wildman–Crippen LogP) is 2.27. The first-order valence-corrected chi connectivity index (χ1v) is 5.43. The van der Waals surface area contributed by atoms with Crippen LogP contribution in [-0.2, 0) is 0 Å². The number of H-pyrrole nitrogens is 1. The molecule has 4 nitrogen and oxygen atoms in total. The summed E-state index contributed by atoms with van der Waals surface area (Å²) in [5.74, 6) is 0.514. The second-order valence-corrected chi connectivity index (χ2v) is 4.12. The zero-order chi connectivity index (χ0) is 11.4. The molecule has 15 heavy (non-hydrogen) atoms. The second kappa shape index (κ2) is 5.16. The van der Waals surface area contributed by atoms with Gasteiger partial charge < -0.3 is 5.32 Å². The van der Waals surface area contributed by atoms with Crippen LogP contribution in [0.4, 0.5) is 5.69 Å². The average molecular weight is 230 g/mol. The summed E-state index contributed by atoms with van der Waals surface area (Å²) in [5, 5.41) is 9.33. The molecule has 5 heteroatoms. The molecule has 0 saturated heterocycles. The summed E-state index contributed by atoms with van der Waals surface area (Å²) < 4.78 is 0. The lowest BCUT2D eigenvalue weighted by Crippen LogP contribution is -2.24. The molecule has 0 saturated carbocycles. The van der Waals surface area contributed by atoms with Crippen molar-refractivity contribution in [2.45, 2.75) is 33.2 Å². The molecule has 84 valence electrons. The number of nitrogens with zero attached hydrogens (tertiary/aromatic N) is 1. The van der Waals surface area contributed by atoms with Crippen molar-refractivity contribution >= 4 is 17.3 Å². The topological polar surface area (TPSA) is 57.8 Å². The molecule has 1 rings (SSSR count). The van der Waals surface area contributed by atoms with E-state index in [0.29, 0.717) is 11.6 Å². The molecule has 2 N–H and O–H groups in total. The molecule has 0 radical (unpaired) electrons. The van der Waals surface area contributed by atoms with E-state index in [1.54, 1.807) is 0 Å². The van der Waals surface area contributed by atoms with Crippen molar-refractivity contribution in [1.82, 2.24) is 10.2 Å². The third-order valence-corrected chi connectivity index (χ3v) is 3.05. The monoisotopic (exact) mass is 229 g/mol. The number of hydrogen-bond donors (Lipinski definition) is 2. The lowest BCUT2D eigenvalue weighted by molar-refractivity contribution is 0.494. The van der Waals surface area contributed by atoms with Crippen LogP contribution in [-0.4, -0.2) is 16.2 Å². The Labute approximate surface area is 94.0 Å². The van der Waals surface area contributed by atoms with Gasteiger partial charge in [0.25, 0.3) is 5.56 Å². The smallest absolute Gasteiger partial charge is 0.285 e. The number of aromatic nitrogens is 2. The molecule has 1 heterocycles. The summed E-state index contributed by atoms with van der Waals surface area (Å²) in [6.45, 7) is 6.33. The van der Waals surface area contributed by atoms with E-state index in [2.05, 4.69) is 36.3 Å². The maximum absolute atomic E-state index is 11.2. The first-order valence-electron chi connectivity index (χ1n) is 5.06. The van der Waals surface area contributed by atoms with E-state index in [1.807, 2.05) is 0 Å². The van der Waals surface area contributed by atoms with E-state index < -0.39 is 0 Å². The van der Waals surface area contributed by atoms with Gasteiger partial charge in [0, 0.05) is 6.04 Å². The lowest BCUT2D eigenvalue weighted by Gasteiger charge is -2.21. The number of aromatic amines is 1. The average Bonchev–Trinajstić information content (AvgIpc) is 2.23. The summed E-state index contributed by atoms with van der Waals surface area (Å²) >= 11 is 5.84. The Hall–Kier alpha value is -1.03. The van der Waals surface area contributed by atoms with E-state index in [1.165, 1.54) is 6.20 Å². The van der Waals surface area contributed by atoms with Gasteiger partial charge in [-0.15, -0.1) is 0 Å². The first-order chi connectivity index (χ1) is 7.06. The van der Waals surface area contributed by atoms with Crippen LogP contribution in [0.3, 0.4) is 0 Å². The maximum Gasteiger partial charge on any atom is 0.285 e. The summed E-state index contributed by atoms with van der Waals surface area (Å²) in [4.78, 5) is 11.2. The van der Waals surface area contributed by atoms with Gasteiger partial charge in [0.1, 0.15) is 5.02 Å². The van der Waals surface area contributed by atoms with Gasteiger partial charge in [-0.1, -0.05) is 31.9 Å². The molecule has 2 unspecified atom stereocenters. The van der Waals surface area contributed by atoms with Gasteiger partial charge in [0.05, 0.1) is 11.9 Å². The zero-order valence-electron chi connectivity index (χ0n) is 9.17. The van der Waals surface area contributed by atoms with Gasteiger partial charge in [-0.25, -0.2) is 5.10 Å². The minimum Gasteiger partial charge on any atom is -0.380 e. The molecule has 0 aliphatic heterocycles. The highest BCUT2D eigenvalue weighted by molar-refractivity contribution is 6.32. The molecule has 0 aromatic carbocycles. The van der Waals surface area contributed by atoms with Crippen molar-refractivity contribution in [1.29, 1.82) is 0 Å². The van der Waals surface area contributed by atoms with E-state index in [9.17, 15) is 4.79 Å². The molecule has 2 atom stereocenters. The van der Waals surface area contributed by atoms with Gasteiger partial charge in [0.15, 0.2) is 0 Å². The fraction of sp³-hybridized carbons (Fsp3) is 0.600. The molecule has 1 aromatic rings. The van der Waals surface area contributed by atoms with Gasteiger partial charge in [-0.2, -0.15) is 5.10 Å². The molecule has 0 amide bonds. The second-order valence-electron chi connectivity index (χ2n) is 3.75. The van der Waals surface area contributed by atoms with Crippen LogP contribution in [0.2, 0.25) is 5.02 Å². The van der Waals surface area contributed by atoms with E-state index in [-0.39, 0.29) is 16.6 Å². The molecule has 0 spiro atoms. The highest BCUT2D eigenvalue weighted by Gasteiger charge is 2.12. The van der Waals surface area contributed by atoms with Crippen molar-refractivity contribution in [3.8, 4) is 0 Å². The third-order valence-electron chi connectivity index (χ3n) is 2.68. The quantitative estimate of drug-likeness (QED) is 0.833. The van der Waals surface area contributed by atoms with Crippen molar-refractivity contribution in [3.63, 3.8) is 0 Å². The Morgan fingerprint density at radius 1 is 1.60 bits per heavy atom. The van der Waals surface area contributed by atoms with Crippen molar-refractivity contribution in [2.75, 3.05) is 5.32 Å². The largest absolute Gasteiger partial charge is 0.380 e. The number of anilines is 1. The third kappa shape index (κ3) is 2.96. The molecule has 0 aliphatic rings. The Morgan fingerprint density at radius 2 is 2.27 bits per heavy atom. The summed E-state index contributed by atoms with van der Waals surface area (Å²) in [5.41, 5.74) is 0.228. The van der Waals surface area contributed by atoms with Crippen molar-refractivity contribution in [2.24, 2.45) is 5.92 Å². The lowest BCUT2D eigenvalue weighted by atomic mass is 10.0. The fourth-order valence-corrected chi connectivity index (χ4v) is 1.37. The molecule has 0 bridgehead atoms. The number of hydrogen-bond acceptors (Lipinski definition) is 3. The number of nitrogens with one attached hydrogen (secondary N) is 2. The Kier molecular flexibility index (Phi) is 4.15. The Morgan fingerprint density at radius 3 is 2.87 bits per heavy atom. The van der Waals surface area contributed by atoms with Gasteiger partial charge in [-0.05, 0) is 12.8 Å². The fourth-order valence-electron chi connectivity index (χ4n) is 1.23. The predicted molar refractivity (Wildman–Crippen MR) is 62.4 cm³/mol. The maximum atomic E-state index is 11.2. The van der Waals surface area contributed by atoms with Crippen LogP contribution in [0, 0.1) is 5.92 Å². The van der Waals surface area contributed by atoms with Crippen LogP contribution in [0.25, 0.3) is 0 Å². The van der Waals surface area contributed by atoms with Gasteiger partial charge in [0.2, 0.25) is 0 Å². The first kappa shape index (κ1) is 12.0. The SMILES string of the molecule is CCC(C)C(C)Nc1cn[nH]c(=O)c1Cl. The number of rotatable bonds is 4. The minimum atomic E-state index is -0.363. The molecular weight excluding hydrogens is 214 g/mol. The van der Waals surface area contributed by atoms with Crippen LogP contribution >= 0.6 is 11.6 Å². The van der Waals surface area contributed by atoms with Crippen LogP contribution in [0.5, 0.6) is 0 Å². The Bertz CT molecular complexity index is 377. The van der Waals surface area contributed by atoms with Crippen LogP contribution in [0.1, 0.15) is 27.2 Å². The zero-order valence-corrected chi connectivity index (χ0v) is 9.93. The van der Waals surface area contributed by atoms with E-state index >= 15 is 0 Å². The summed E-state index contributed by atoms with van der Waals surface area (Å²) in [6.07, 6.45) is 2.60. The summed E-state index contributed by atoms with van der Waals surface area (Å²) in [6, 6.07) is 0.260. The van der Waals surface area contributed by atoms with Crippen LogP contribution < -0.4 is 10.9 Å². The Balaban J connectivity index is 2.81. The normalized spacial score (nSPS) is 14.7. The van der Waals surface area contributed by atoms with Crippen molar-refractivity contribution in [3.05, 3.63) is 21.6 Å². The highest BCUT2D eigenvalue weighted by Crippen LogP contribution is 2.18. The minimum absolute atomic E-state index is 0.167. The molecule has 0 aliphatic carbocycles. The van der Waals surface area contributed by atoms with Gasteiger partial charge >= 0.3 is 0 Å². The van der Waals surface area contributed by atoms with E-state index in [4.69, 9.17) is 11.6 Å². The molecule has 0 fully saturated rings. The highest BCUT2D eigenvalue weighted by atomic mass is 35.5. The standard InChI is InChI=1S/C10H16ClN3O/c1-4-6(2)7(3)13-8-5-12-14-10(15)9(8)11/h5-7H,4H2,1-3H3,(H2,13,14,15). The summed E-state index contributed by atoms with van der Waals surface area (Å²) in [7, 11) is 0. The molecule has 1 aromatic heterocycles.